The molecule has 3 aliphatic rings. The lowest BCUT2D eigenvalue weighted by molar-refractivity contribution is -0.131. The third-order valence-electron chi connectivity index (χ3n) is 9.14. The molecule has 3 atom stereocenters. The number of carbonyl (C=O) groups is 4. The van der Waals surface area contributed by atoms with Crippen molar-refractivity contribution in [2.75, 3.05) is 19.1 Å². The van der Waals surface area contributed by atoms with Crippen molar-refractivity contribution in [3.8, 4) is 17.2 Å². The third kappa shape index (κ3) is 3.98. The molecule has 2 aliphatic heterocycles. The minimum atomic E-state index is -1.75. The number of rotatable bonds is 6. The van der Waals surface area contributed by atoms with Gasteiger partial charge >= 0.3 is 5.97 Å². The summed E-state index contributed by atoms with van der Waals surface area (Å²) in [7, 11) is 3.04. The van der Waals surface area contributed by atoms with Crippen LogP contribution in [0.2, 0.25) is 0 Å². The minimum absolute atomic E-state index is 0.230. The van der Waals surface area contributed by atoms with Gasteiger partial charge in [0.1, 0.15) is 23.0 Å². The Bertz CT molecular complexity index is 1890. The van der Waals surface area contributed by atoms with Crippen LogP contribution in [0.5, 0.6) is 17.2 Å². The zero-order chi connectivity index (χ0) is 31.5. The van der Waals surface area contributed by atoms with E-state index in [4.69, 9.17) is 14.2 Å². The van der Waals surface area contributed by atoms with Crippen LogP contribution in [0.3, 0.4) is 0 Å². The largest absolute Gasteiger partial charge is 0.497 e. The summed E-state index contributed by atoms with van der Waals surface area (Å²) in [4.78, 5) is 58.9. The predicted molar refractivity (Wildman–Crippen MR) is 167 cm³/mol. The van der Waals surface area contributed by atoms with E-state index in [9.17, 15) is 19.2 Å². The summed E-state index contributed by atoms with van der Waals surface area (Å²) in [5.74, 6) is -1.47. The van der Waals surface area contributed by atoms with Crippen LogP contribution < -0.4 is 19.1 Å². The van der Waals surface area contributed by atoms with Crippen molar-refractivity contribution in [3.63, 3.8) is 0 Å². The molecule has 1 saturated heterocycles. The summed E-state index contributed by atoms with van der Waals surface area (Å²) in [6.07, 6.45) is 3.65. The first-order valence-electron chi connectivity index (χ1n) is 14.6. The Hall–Kier alpha value is -5.50. The van der Waals surface area contributed by atoms with Crippen molar-refractivity contribution in [3.05, 3.63) is 125 Å². The fourth-order valence-corrected chi connectivity index (χ4v) is 7.41. The van der Waals surface area contributed by atoms with E-state index in [2.05, 4.69) is 0 Å². The number of Topliss-reactive ketones (excluding diaryl/α,β-unsaturated/α-hetero) is 3. The number of nitrogens with zero attached hydrogens (tertiary/aromatic N) is 1. The molecule has 0 aromatic heterocycles. The van der Waals surface area contributed by atoms with Gasteiger partial charge in [-0.15, -0.1) is 0 Å². The molecule has 0 unspecified atom stereocenters. The molecule has 0 N–H and O–H groups in total. The van der Waals surface area contributed by atoms with E-state index < -0.39 is 29.4 Å². The van der Waals surface area contributed by atoms with E-state index >= 15 is 0 Å². The SMILES string of the molecule is COc1ccc([C@@H]2[C@@H](C(=O)c3ccccc3)N3c4c(cccc4OC(C)=O)C=C[C@@H]3C23C(=O)c2ccccc2C3=O)c(OC)c1. The van der Waals surface area contributed by atoms with Gasteiger partial charge in [-0.3, -0.25) is 19.2 Å². The van der Waals surface area contributed by atoms with Crippen molar-refractivity contribution in [1.82, 2.24) is 0 Å². The fourth-order valence-electron chi connectivity index (χ4n) is 7.41. The Morgan fingerprint density at radius 3 is 2.11 bits per heavy atom. The van der Waals surface area contributed by atoms with Crippen LogP contribution >= 0.6 is 0 Å². The van der Waals surface area contributed by atoms with E-state index in [-0.39, 0.29) is 23.1 Å². The first-order valence-corrected chi connectivity index (χ1v) is 14.6. The van der Waals surface area contributed by atoms with Gasteiger partial charge < -0.3 is 19.1 Å². The Balaban J connectivity index is 1.59. The number of methoxy groups -OCH3 is 2. The zero-order valence-corrected chi connectivity index (χ0v) is 24.9. The van der Waals surface area contributed by atoms with Crippen molar-refractivity contribution >= 4 is 35.1 Å². The number of hydrogen-bond donors (Lipinski definition) is 0. The van der Waals surface area contributed by atoms with Crippen LogP contribution in [0.1, 0.15) is 55.0 Å². The van der Waals surface area contributed by atoms with Crippen LogP contribution in [0.25, 0.3) is 6.08 Å². The molecule has 224 valence electrons. The van der Waals surface area contributed by atoms with Gasteiger partial charge in [0.2, 0.25) is 0 Å². The van der Waals surface area contributed by atoms with Gasteiger partial charge in [0.05, 0.1) is 25.9 Å². The highest BCUT2D eigenvalue weighted by atomic mass is 16.5. The monoisotopic (exact) mass is 599 g/mol. The molecule has 7 rings (SSSR count). The maximum Gasteiger partial charge on any atom is 0.308 e. The highest BCUT2D eigenvalue weighted by molar-refractivity contribution is 6.32. The van der Waals surface area contributed by atoms with Crippen LogP contribution in [0, 0.1) is 5.41 Å². The molecule has 4 aromatic carbocycles. The van der Waals surface area contributed by atoms with Gasteiger partial charge in [-0.1, -0.05) is 84.9 Å². The Morgan fingerprint density at radius 1 is 0.778 bits per heavy atom. The number of benzene rings is 4. The standard InChI is InChI=1S/C37H29NO7/c1-21(39)45-28-15-9-12-22-16-19-30-37(35(41)25-13-7-8-14-26(25)36(37)42)31(27-18-17-24(43-2)20-29(27)44-3)33(38(30)32(22)28)34(40)23-10-5-4-6-11-23/h4-20,30-31,33H,1-3H3/t30-,31-,33+/m1/s1. The number of carbonyl (C=O) groups excluding carboxylic acids is 4. The van der Waals surface area contributed by atoms with Crippen molar-refractivity contribution in [1.29, 1.82) is 0 Å². The van der Waals surface area contributed by atoms with Gasteiger partial charge in [0, 0.05) is 46.7 Å². The van der Waals surface area contributed by atoms with Crippen LogP contribution in [-0.2, 0) is 4.79 Å². The topological polar surface area (TPSA) is 99.2 Å². The van der Waals surface area contributed by atoms with Gasteiger partial charge in [-0.05, 0) is 12.1 Å². The van der Waals surface area contributed by atoms with Crippen molar-refractivity contribution < 1.29 is 33.4 Å². The highest BCUT2D eigenvalue weighted by Gasteiger charge is 2.72. The predicted octanol–water partition coefficient (Wildman–Crippen LogP) is 5.95. The van der Waals surface area contributed by atoms with E-state index in [1.54, 1.807) is 78.9 Å². The molecule has 0 bridgehead atoms. The second-order valence-electron chi connectivity index (χ2n) is 11.3. The van der Waals surface area contributed by atoms with Crippen LogP contribution in [-0.4, -0.2) is 49.6 Å². The van der Waals surface area contributed by atoms with Gasteiger partial charge in [-0.2, -0.15) is 0 Å². The van der Waals surface area contributed by atoms with E-state index in [1.807, 2.05) is 29.2 Å². The van der Waals surface area contributed by atoms with Gasteiger partial charge in [0.25, 0.3) is 0 Å². The Morgan fingerprint density at radius 2 is 1.47 bits per heavy atom. The molecule has 2 heterocycles. The highest BCUT2D eigenvalue weighted by Crippen LogP contribution is 2.63. The average molecular weight is 600 g/mol. The number of esters is 1. The lowest BCUT2D eigenvalue weighted by Crippen LogP contribution is -2.48. The van der Waals surface area contributed by atoms with Gasteiger partial charge in [0.15, 0.2) is 23.1 Å². The molecule has 8 heteroatoms. The quantitative estimate of drug-likeness (QED) is 0.116. The molecule has 0 radical (unpaired) electrons. The molecule has 45 heavy (non-hydrogen) atoms. The molecule has 4 aromatic rings. The van der Waals surface area contributed by atoms with Crippen LogP contribution in [0.15, 0.2) is 97.1 Å². The summed E-state index contributed by atoms with van der Waals surface area (Å²) in [6.45, 7) is 1.30. The molecular weight excluding hydrogens is 570 g/mol. The summed E-state index contributed by atoms with van der Waals surface area (Å²) in [6, 6.07) is 24.1. The maximum absolute atomic E-state index is 14.9. The molecule has 1 spiro atoms. The third-order valence-corrected chi connectivity index (χ3v) is 9.14. The zero-order valence-electron chi connectivity index (χ0n) is 24.9. The van der Waals surface area contributed by atoms with E-state index in [1.165, 1.54) is 21.1 Å². The summed E-state index contributed by atoms with van der Waals surface area (Å²) in [5.41, 5.74) is 0.922. The molecule has 1 fully saturated rings. The maximum atomic E-state index is 14.9. The fraction of sp³-hybridized carbons (Fsp3) is 0.189. The lowest BCUT2D eigenvalue weighted by Gasteiger charge is -2.37. The summed E-state index contributed by atoms with van der Waals surface area (Å²) in [5, 5.41) is 0. The lowest BCUT2D eigenvalue weighted by atomic mass is 9.64. The Kier molecular flexibility index (Phi) is 6.66. The average Bonchev–Trinajstić information content (AvgIpc) is 3.49. The van der Waals surface area contributed by atoms with Crippen molar-refractivity contribution in [2.24, 2.45) is 5.41 Å². The van der Waals surface area contributed by atoms with E-state index in [0.717, 1.165) is 0 Å². The first kappa shape index (κ1) is 28.3. The van der Waals surface area contributed by atoms with Gasteiger partial charge in [-0.25, -0.2) is 0 Å². The second-order valence-corrected chi connectivity index (χ2v) is 11.3. The first-order chi connectivity index (χ1) is 21.8. The number of fused-ring (bicyclic) bond motifs is 5. The molecule has 0 saturated carbocycles. The second kappa shape index (κ2) is 10.6. The summed E-state index contributed by atoms with van der Waals surface area (Å²) >= 11 is 0. The molecule has 8 nitrogen and oxygen atoms in total. The minimum Gasteiger partial charge on any atom is -0.497 e. The Labute approximate surface area is 259 Å². The van der Waals surface area contributed by atoms with Crippen molar-refractivity contribution in [2.45, 2.75) is 24.9 Å². The smallest absolute Gasteiger partial charge is 0.308 e. The molecule has 0 amide bonds. The number of anilines is 1. The van der Waals surface area contributed by atoms with E-state index in [0.29, 0.717) is 45.0 Å². The number of ether oxygens (including phenoxy) is 3. The number of ketones is 3. The van der Waals surface area contributed by atoms with Crippen LogP contribution in [0.4, 0.5) is 5.69 Å². The molecule has 1 aliphatic carbocycles. The normalized spacial score (nSPS) is 20.4. The number of para-hydroxylation sites is 1. The number of hydrogen-bond acceptors (Lipinski definition) is 8. The summed E-state index contributed by atoms with van der Waals surface area (Å²) < 4.78 is 17.0. The molecular formula is C37H29NO7.